The molecule has 1 aliphatic heterocycles. The van der Waals surface area contributed by atoms with Crippen molar-refractivity contribution in [2.24, 2.45) is 47.3 Å². The molecular formula is C72H136O10Si4. The number of carbonyl (C=O) groups is 2. The molecule has 0 radical (unpaired) electrons. The molecule has 1 rings (SSSR count). The van der Waals surface area contributed by atoms with Gasteiger partial charge >= 0.3 is 11.9 Å². The summed E-state index contributed by atoms with van der Waals surface area (Å²) in [6.45, 7) is 71.0. The van der Waals surface area contributed by atoms with Gasteiger partial charge in [0.1, 0.15) is 12.2 Å². The highest BCUT2D eigenvalue weighted by Crippen LogP contribution is 2.47. The molecule has 14 heteroatoms. The topological polar surface area (TPSA) is 130 Å². The van der Waals surface area contributed by atoms with Crippen LogP contribution in [0.3, 0.4) is 0 Å². The Hall–Kier alpha value is -1.99. The highest BCUT2D eigenvalue weighted by Gasteiger charge is 2.50. The molecule has 0 fully saturated rings. The molecule has 0 spiro atoms. The van der Waals surface area contributed by atoms with Gasteiger partial charge in [0.05, 0.1) is 24.4 Å². The fourth-order valence-electron chi connectivity index (χ4n) is 13.6. The van der Waals surface area contributed by atoms with Crippen LogP contribution in [0.2, 0.25) is 69.5 Å². The van der Waals surface area contributed by atoms with Gasteiger partial charge in [-0.25, -0.2) is 9.59 Å². The summed E-state index contributed by atoms with van der Waals surface area (Å²) in [7, 11) is -9.23. The lowest BCUT2D eigenvalue weighted by atomic mass is 9.81. The Labute approximate surface area is 534 Å². The van der Waals surface area contributed by atoms with Crippen LogP contribution in [0.25, 0.3) is 0 Å². The number of rotatable bonds is 30. The predicted molar refractivity (Wildman–Crippen MR) is 376 cm³/mol. The standard InChI is InChI=1S/C72H136O10Si4/c1-33-61(59(21)79-85(47(3)4,48(5)6)49(7)8)43-45-63(73)55(17)69(81-83(29,30)71(23,24)25)57(19)67-53(15)39-35-37-42-66(76)78-68(54(16)40-36-38-41-65(75)77-67)58(20)70(82-84(31,32)72(26,27)28)56(18)64(74)46-44-62(34-2)60(22)80-86(50(9)10,51(11)12)52(13)14/h35-64,67-70,73-74H,33-34H2,1-32H3/b39-35+,40-36+,41-38+,42-37+,45-43+,46-44+/t53-,54-,55+,56+,57+,58+,59+,60+,61-,62-,63?,64?,67-,68-,69-,70-/m0/s1. The Morgan fingerprint density at radius 1 is 0.465 bits per heavy atom. The van der Waals surface area contributed by atoms with Gasteiger partial charge in [-0.15, -0.1) is 0 Å². The summed E-state index contributed by atoms with van der Waals surface area (Å²) in [5.74, 6) is -2.90. The van der Waals surface area contributed by atoms with Gasteiger partial charge < -0.3 is 37.4 Å². The number of hydrogen-bond acceptors (Lipinski definition) is 10. The maximum absolute atomic E-state index is 14.1. The molecule has 0 saturated carbocycles. The van der Waals surface area contributed by atoms with Crippen molar-refractivity contribution in [1.29, 1.82) is 0 Å². The quantitative estimate of drug-likeness (QED) is 0.0407. The Kier molecular flexibility index (Phi) is 33.5. The minimum atomic E-state index is -2.47. The van der Waals surface area contributed by atoms with Crippen LogP contribution in [0.1, 0.15) is 207 Å². The molecule has 0 aliphatic carbocycles. The second-order valence-electron chi connectivity index (χ2n) is 31.3. The SMILES string of the molecule is CC[C@@H](/C=C/C(O)[C@@H](C)[C@H](O[Si](C)(C)C(C)(C)C)[C@H](C)[C@H]1OC(=O)/C=C/C=C/[C@H](C)[C@@H]([C@@H](C)[C@@H](O[Si](C)(C)C(C)(C)C)[C@H](C)C(O)/C=C/[C@H](CC)[C@@H](C)O[Si](C(C)C)(C(C)C)C(C)C)OC(=O)/C=C/C=C/[C@@H]1C)[C@@H](C)O[Si](C(C)C)(C(C)C)C(C)C. The molecule has 2 N–H and O–H groups in total. The van der Waals surface area contributed by atoms with Crippen LogP contribution in [0, 0.1) is 47.3 Å². The van der Waals surface area contributed by atoms with Crippen molar-refractivity contribution in [3.8, 4) is 0 Å². The lowest BCUT2D eigenvalue weighted by Gasteiger charge is -2.45. The number of aliphatic hydroxyl groups excluding tert-OH is 2. The van der Waals surface area contributed by atoms with Gasteiger partial charge in [0.2, 0.25) is 16.6 Å². The maximum atomic E-state index is 14.1. The number of aliphatic hydroxyl groups is 2. The molecule has 10 nitrogen and oxygen atoms in total. The van der Waals surface area contributed by atoms with Crippen molar-refractivity contribution in [2.45, 2.75) is 325 Å². The number of cyclic esters (lactones) is 2. The van der Waals surface area contributed by atoms with Crippen molar-refractivity contribution < 1.29 is 47.0 Å². The van der Waals surface area contributed by atoms with E-state index in [4.69, 9.17) is 27.2 Å². The normalized spacial score (nSPS) is 24.8. The van der Waals surface area contributed by atoms with E-state index in [0.29, 0.717) is 33.2 Å². The Bertz CT molecular complexity index is 2000. The van der Waals surface area contributed by atoms with Crippen molar-refractivity contribution in [3.63, 3.8) is 0 Å². The average Bonchev–Trinajstić information content (AvgIpc) is 1.41. The molecule has 16 atom stereocenters. The van der Waals surface area contributed by atoms with E-state index in [-0.39, 0.29) is 69.6 Å². The summed E-state index contributed by atoms with van der Waals surface area (Å²) in [5, 5.41) is 24.2. The molecule has 1 heterocycles. The van der Waals surface area contributed by atoms with Crippen LogP contribution in [-0.4, -0.2) is 104 Å². The van der Waals surface area contributed by atoms with E-state index < -0.39 is 81.8 Å². The van der Waals surface area contributed by atoms with Crippen LogP contribution < -0.4 is 0 Å². The first-order valence-corrected chi connectivity index (χ1v) is 43.9. The van der Waals surface area contributed by atoms with Gasteiger partial charge in [-0.2, -0.15) is 0 Å². The molecule has 500 valence electrons. The minimum absolute atomic E-state index is 0.0178. The van der Waals surface area contributed by atoms with E-state index in [0.717, 1.165) is 12.8 Å². The zero-order valence-electron chi connectivity index (χ0n) is 61.2. The summed E-state index contributed by atoms with van der Waals surface area (Å²) in [5.41, 5.74) is 2.75. The fraction of sp³-hybridized carbons (Fsp3) is 0.806. The fourth-order valence-corrected chi connectivity index (χ4v) is 27.8. The largest absolute Gasteiger partial charge is 0.458 e. The summed E-state index contributed by atoms with van der Waals surface area (Å²) < 4.78 is 42.2. The number of allylic oxidation sites excluding steroid dienone is 4. The first-order chi connectivity index (χ1) is 39.3. The highest BCUT2D eigenvalue weighted by molar-refractivity contribution is 6.78. The zero-order valence-corrected chi connectivity index (χ0v) is 65.2. The van der Waals surface area contributed by atoms with Crippen LogP contribution in [-0.2, 0) is 36.8 Å². The first kappa shape index (κ1) is 82.0. The molecule has 2 unspecified atom stereocenters. The van der Waals surface area contributed by atoms with Crippen molar-refractivity contribution >= 4 is 45.2 Å². The van der Waals surface area contributed by atoms with Gasteiger partial charge in [-0.1, -0.05) is 241 Å². The van der Waals surface area contributed by atoms with E-state index in [1.165, 1.54) is 12.2 Å². The molecule has 86 heavy (non-hydrogen) atoms. The molecule has 0 bridgehead atoms. The van der Waals surface area contributed by atoms with E-state index >= 15 is 0 Å². The number of hydrogen-bond donors (Lipinski definition) is 2. The molecular weight excluding hydrogens is 1140 g/mol. The molecule has 0 saturated heterocycles. The minimum Gasteiger partial charge on any atom is -0.458 e. The van der Waals surface area contributed by atoms with E-state index in [9.17, 15) is 19.8 Å². The second kappa shape index (κ2) is 35.2. The van der Waals surface area contributed by atoms with Crippen LogP contribution in [0.4, 0.5) is 0 Å². The van der Waals surface area contributed by atoms with Gasteiger partial charge in [0.15, 0.2) is 16.6 Å². The Morgan fingerprint density at radius 3 is 0.965 bits per heavy atom. The summed E-state index contributed by atoms with van der Waals surface area (Å²) >= 11 is 0. The maximum Gasteiger partial charge on any atom is 0.331 e. The summed E-state index contributed by atoms with van der Waals surface area (Å²) in [6.07, 6.45) is 19.7. The van der Waals surface area contributed by atoms with Gasteiger partial charge in [0.25, 0.3) is 0 Å². The predicted octanol–water partition coefficient (Wildman–Crippen LogP) is 19.7. The zero-order chi connectivity index (χ0) is 67.0. The van der Waals surface area contributed by atoms with Crippen LogP contribution in [0.15, 0.2) is 72.9 Å². The van der Waals surface area contributed by atoms with Crippen molar-refractivity contribution in [3.05, 3.63) is 72.9 Å². The van der Waals surface area contributed by atoms with Crippen molar-refractivity contribution in [1.82, 2.24) is 0 Å². The molecule has 0 aromatic rings. The van der Waals surface area contributed by atoms with E-state index in [1.54, 1.807) is 12.2 Å². The lowest BCUT2D eigenvalue weighted by molar-refractivity contribution is -0.152. The van der Waals surface area contributed by atoms with E-state index in [1.807, 2.05) is 64.2 Å². The molecule has 0 amide bonds. The third-order valence-electron chi connectivity index (χ3n) is 21.2. The first-order valence-electron chi connectivity index (χ1n) is 33.8. The van der Waals surface area contributed by atoms with Gasteiger partial charge in [-0.05, 0) is 96.2 Å². The second-order valence-corrected chi connectivity index (χ2v) is 51.6. The summed E-state index contributed by atoms with van der Waals surface area (Å²) in [6, 6.07) is 0. The van der Waals surface area contributed by atoms with Crippen LogP contribution in [0.5, 0.6) is 0 Å². The van der Waals surface area contributed by atoms with Crippen molar-refractivity contribution in [2.75, 3.05) is 0 Å². The lowest BCUT2D eigenvalue weighted by Crippen LogP contribution is -2.52. The average molecular weight is 1270 g/mol. The number of carbonyl (C=O) groups excluding carboxylic acids is 2. The Balaban J connectivity index is 3.87. The van der Waals surface area contributed by atoms with Gasteiger partial charge in [-0.3, -0.25) is 0 Å². The molecule has 0 aromatic heterocycles. The molecule has 1 aliphatic rings. The molecule has 0 aromatic carbocycles. The number of esters is 2. The monoisotopic (exact) mass is 1270 g/mol. The number of ether oxygens (including phenoxy) is 2. The summed E-state index contributed by atoms with van der Waals surface area (Å²) in [4.78, 5) is 28.3. The Morgan fingerprint density at radius 2 is 0.733 bits per heavy atom. The smallest absolute Gasteiger partial charge is 0.331 e. The van der Waals surface area contributed by atoms with E-state index in [2.05, 4.69) is 205 Å². The third-order valence-corrected chi connectivity index (χ3v) is 42.5. The highest BCUT2D eigenvalue weighted by atomic mass is 28.4. The van der Waals surface area contributed by atoms with Crippen LogP contribution >= 0.6 is 0 Å². The third kappa shape index (κ3) is 22.1. The van der Waals surface area contributed by atoms with Gasteiger partial charge in [0, 0.05) is 71.7 Å².